The van der Waals surface area contributed by atoms with E-state index in [0.717, 1.165) is 37.3 Å². The molecule has 3 N–H and O–H groups in total. The van der Waals surface area contributed by atoms with Crippen LogP contribution in [-0.2, 0) is 23.8 Å². The molecule has 3 rings (SSSR count). The Balaban J connectivity index is 1.58. The van der Waals surface area contributed by atoms with E-state index >= 15 is 0 Å². The summed E-state index contributed by atoms with van der Waals surface area (Å²) >= 11 is 0. The van der Waals surface area contributed by atoms with E-state index in [2.05, 4.69) is 20.5 Å². The third-order valence-electron chi connectivity index (χ3n) is 8.17. The molecule has 0 atom stereocenters. The highest BCUT2D eigenvalue weighted by Crippen LogP contribution is 2.34. The van der Waals surface area contributed by atoms with Crippen LogP contribution in [0.2, 0.25) is 0 Å². The van der Waals surface area contributed by atoms with Gasteiger partial charge in [0.25, 0.3) is 11.8 Å². The normalized spacial score (nSPS) is 13.1. The third-order valence-corrected chi connectivity index (χ3v) is 8.17. The molecular weight excluding hydrogens is 621 g/mol. The maximum Gasteiger partial charge on any atom is 0.416 e. The maximum absolute atomic E-state index is 14.0. The van der Waals surface area contributed by atoms with Crippen molar-refractivity contribution in [3.8, 4) is 0 Å². The molecule has 1 aliphatic rings. The summed E-state index contributed by atoms with van der Waals surface area (Å²) in [4.78, 5) is 58.2. The lowest BCUT2D eigenvalue weighted by Gasteiger charge is -2.25. The SMILES string of the molecule is CCOCCOCC(=O)NCCCCCCOC(=O)N(CCN(CC)CC)C(=O)c1c(C)[nH]c(/C=C2\C(=O)Nc3ccc(F)cc32)c1C. The lowest BCUT2D eigenvalue weighted by atomic mass is 10.0. The molecule has 2 aromatic rings. The highest BCUT2D eigenvalue weighted by Gasteiger charge is 2.30. The Morgan fingerprint density at radius 1 is 0.958 bits per heavy atom. The average Bonchev–Trinajstić information content (AvgIpc) is 3.52. The van der Waals surface area contributed by atoms with E-state index in [1.54, 1.807) is 19.9 Å². The van der Waals surface area contributed by atoms with Gasteiger partial charge in [-0.15, -0.1) is 0 Å². The van der Waals surface area contributed by atoms with Gasteiger partial charge in [0, 0.05) is 48.9 Å². The molecule has 0 radical (unpaired) electrons. The molecule has 4 amide bonds. The Labute approximate surface area is 282 Å². The largest absolute Gasteiger partial charge is 0.449 e. The number of fused-ring (bicyclic) bond motifs is 1. The number of benzene rings is 1. The van der Waals surface area contributed by atoms with E-state index in [0.29, 0.717) is 73.1 Å². The monoisotopic (exact) mass is 671 g/mol. The second-order valence-corrected chi connectivity index (χ2v) is 11.5. The van der Waals surface area contributed by atoms with Gasteiger partial charge in [-0.05, 0) is 83.0 Å². The number of carbonyl (C=O) groups is 4. The van der Waals surface area contributed by atoms with Crippen molar-refractivity contribution in [3.63, 3.8) is 0 Å². The number of aryl methyl sites for hydroxylation is 1. The summed E-state index contributed by atoms with van der Waals surface area (Å²) in [5, 5.41) is 5.55. The van der Waals surface area contributed by atoms with Crippen molar-refractivity contribution in [1.29, 1.82) is 0 Å². The number of anilines is 1. The number of nitrogens with one attached hydrogen (secondary N) is 3. The van der Waals surface area contributed by atoms with Crippen LogP contribution < -0.4 is 10.6 Å². The topological polar surface area (TPSA) is 142 Å². The molecular formula is C35H50FN5O7. The second kappa shape index (κ2) is 19.7. The van der Waals surface area contributed by atoms with Crippen LogP contribution in [0.4, 0.5) is 14.9 Å². The van der Waals surface area contributed by atoms with Crippen LogP contribution in [0.5, 0.6) is 0 Å². The molecule has 12 nitrogen and oxygen atoms in total. The summed E-state index contributed by atoms with van der Waals surface area (Å²) in [6.45, 7) is 13.7. The zero-order valence-corrected chi connectivity index (χ0v) is 28.8. The molecule has 0 bridgehead atoms. The second-order valence-electron chi connectivity index (χ2n) is 11.5. The summed E-state index contributed by atoms with van der Waals surface area (Å²) < 4.78 is 30.0. The fourth-order valence-corrected chi connectivity index (χ4v) is 5.40. The lowest BCUT2D eigenvalue weighted by molar-refractivity contribution is -0.126. The van der Waals surface area contributed by atoms with Crippen LogP contribution in [0.3, 0.4) is 0 Å². The van der Waals surface area contributed by atoms with Crippen LogP contribution in [0.15, 0.2) is 18.2 Å². The molecule has 0 saturated carbocycles. The van der Waals surface area contributed by atoms with Gasteiger partial charge in [0.2, 0.25) is 5.91 Å². The summed E-state index contributed by atoms with van der Waals surface area (Å²) in [7, 11) is 0. The molecule has 0 spiro atoms. The molecule has 0 fully saturated rings. The number of hydrogen-bond donors (Lipinski definition) is 3. The first kappa shape index (κ1) is 38.4. The molecule has 0 aliphatic carbocycles. The van der Waals surface area contributed by atoms with Crippen LogP contribution in [-0.4, -0.2) is 104 Å². The molecule has 1 aliphatic heterocycles. The van der Waals surface area contributed by atoms with Gasteiger partial charge in [0.1, 0.15) is 12.4 Å². The third kappa shape index (κ3) is 11.0. The minimum absolute atomic E-state index is 0.000279. The Bertz CT molecular complexity index is 1440. The zero-order valence-electron chi connectivity index (χ0n) is 28.8. The van der Waals surface area contributed by atoms with E-state index in [4.69, 9.17) is 14.2 Å². The minimum Gasteiger partial charge on any atom is -0.449 e. The average molecular weight is 672 g/mol. The van der Waals surface area contributed by atoms with Crippen LogP contribution >= 0.6 is 0 Å². The molecule has 48 heavy (non-hydrogen) atoms. The first-order chi connectivity index (χ1) is 23.1. The number of amides is 4. The van der Waals surface area contributed by atoms with E-state index in [1.807, 2.05) is 20.8 Å². The maximum atomic E-state index is 14.0. The van der Waals surface area contributed by atoms with Crippen LogP contribution in [0.1, 0.15) is 79.3 Å². The molecule has 1 aromatic carbocycles. The number of carbonyl (C=O) groups excluding carboxylic acids is 4. The first-order valence-corrected chi connectivity index (χ1v) is 16.8. The van der Waals surface area contributed by atoms with Gasteiger partial charge in [-0.1, -0.05) is 20.3 Å². The van der Waals surface area contributed by atoms with Crippen molar-refractivity contribution >= 4 is 41.2 Å². The summed E-state index contributed by atoms with van der Waals surface area (Å²) in [5.41, 5.74) is 3.15. The molecule has 13 heteroatoms. The summed E-state index contributed by atoms with van der Waals surface area (Å²) in [6.07, 6.45) is 3.89. The quantitative estimate of drug-likeness (QED) is 0.133. The fraction of sp³-hybridized carbons (Fsp3) is 0.543. The van der Waals surface area contributed by atoms with Crippen molar-refractivity contribution in [3.05, 3.63) is 52.1 Å². The van der Waals surface area contributed by atoms with Crippen molar-refractivity contribution in [2.24, 2.45) is 0 Å². The summed E-state index contributed by atoms with van der Waals surface area (Å²) in [5.74, 6) is -1.50. The predicted molar refractivity (Wildman–Crippen MR) is 182 cm³/mol. The highest BCUT2D eigenvalue weighted by atomic mass is 19.1. The number of halogens is 1. The lowest BCUT2D eigenvalue weighted by Crippen LogP contribution is -2.43. The van der Waals surface area contributed by atoms with Gasteiger partial charge in [0.05, 0.1) is 31.0 Å². The molecule has 2 heterocycles. The Kier molecular flexibility index (Phi) is 15.7. The smallest absolute Gasteiger partial charge is 0.416 e. The van der Waals surface area contributed by atoms with Gasteiger partial charge in [-0.2, -0.15) is 0 Å². The fourth-order valence-electron chi connectivity index (χ4n) is 5.40. The van der Waals surface area contributed by atoms with Gasteiger partial charge >= 0.3 is 6.09 Å². The van der Waals surface area contributed by atoms with E-state index < -0.39 is 17.8 Å². The van der Waals surface area contributed by atoms with Gasteiger partial charge in [-0.3, -0.25) is 14.4 Å². The molecule has 264 valence electrons. The number of nitrogens with zero attached hydrogens (tertiary/aromatic N) is 2. The first-order valence-electron chi connectivity index (χ1n) is 16.8. The van der Waals surface area contributed by atoms with Crippen molar-refractivity contribution < 1.29 is 37.8 Å². The highest BCUT2D eigenvalue weighted by molar-refractivity contribution is 6.35. The number of likely N-dealkylation sites (N-methyl/N-ethyl adjacent to an activating group) is 1. The van der Waals surface area contributed by atoms with E-state index in [9.17, 15) is 23.6 Å². The van der Waals surface area contributed by atoms with Crippen LogP contribution in [0, 0.1) is 19.7 Å². The van der Waals surface area contributed by atoms with Gasteiger partial charge < -0.3 is 34.7 Å². The Morgan fingerprint density at radius 3 is 2.42 bits per heavy atom. The summed E-state index contributed by atoms with van der Waals surface area (Å²) in [6, 6.07) is 4.08. The van der Waals surface area contributed by atoms with Gasteiger partial charge in [0.15, 0.2) is 0 Å². The van der Waals surface area contributed by atoms with Crippen molar-refractivity contribution in [2.75, 3.05) is 71.1 Å². The molecule has 0 saturated heterocycles. The predicted octanol–water partition coefficient (Wildman–Crippen LogP) is 4.91. The standard InChI is InChI=1S/C35H50FN5O7/c1-6-40(7-2)16-17-41(35(45)48-18-12-10-9-11-15-37-31(42)23-47-20-19-46-8-3)34(44)32-24(4)30(38-25(32)5)22-28-27-21-26(36)13-14-29(27)39-33(28)43/h13-14,21-22,38H,6-12,15-20,23H2,1-5H3,(H,37,42)(H,39,43)/b28-22-. The van der Waals surface area contributed by atoms with Crippen molar-refractivity contribution in [1.82, 2.24) is 20.1 Å². The van der Waals surface area contributed by atoms with Gasteiger partial charge in [-0.25, -0.2) is 14.1 Å². The number of ether oxygens (including phenoxy) is 3. The van der Waals surface area contributed by atoms with E-state index in [1.165, 1.54) is 18.2 Å². The number of aromatic nitrogens is 1. The number of H-pyrrole nitrogens is 1. The number of imide groups is 1. The molecule has 0 unspecified atom stereocenters. The number of unbranched alkanes of at least 4 members (excludes halogenated alkanes) is 3. The Hall–Kier alpha value is -4.07. The van der Waals surface area contributed by atoms with Crippen LogP contribution in [0.25, 0.3) is 11.6 Å². The number of rotatable bonds is 20. The number of hydrogen-bond acceptors (Lipinski definition) is 8. The zero-order chi connectivity index (χ0) is 35.1. The minimum atomic E-state index is -0.719. The number of aromatic amines is 1. The van der Waals surface area contributed by atoms with E-state index in [-0.39, 0.29) is 37.1 Å². The van der Waals surface area contributed by atoms with Crippen molar-refractivity contribution in [2.45, 2.75) is 60.3 Å². The molecule has 1 aromatic heterocycles. The Morgan fingerprint density at radius 2 is 1.69 bits per heavy atom.